The first-order valence-electron chi connectivity index (χ1n) is 7.55. The molecule has 1 aromatic rings. The smallest absolute Gasteiger partial charge is 0.419 e. The van der Waals surface area contributed by atoms with Gasteiger partial charge in [0.25, 0.3) is 0 Å². The van der Waals surface area contributed by atoms with Gasteiger partial charge >= 0.3 is 6.18 Å². The van der Waals surface area contributed by atoms with E-state index in [-0.39, 0.29) is 5.75 Å². The maximum atomic E-state index is 12.8. The third-order valence-corrected chi connectivity index (χ3v) is 4.05. The summed E-state index contributed by atoms with van der Waals surface area (Å²) in [5.74, 6) is -0.0809. The Balaban J connectivity index is 1.76. The molecule has 1 heterocycles. The lowest BCUT2D eigenvalue weighted by Crippen LogP contribution is -2.32. The zero-order valence-electron chi connectivity index (χ0n) is 13.1. The van der Waals surface area contributed by atoms with Crippen LogP contribution in [0.2, 0.25) is 0 Å². The van der Waals surface area contributed by atoms with Gasteiger partial charge in [-0.1, -0.05) is 12.1 Å². The van der Waals surface area contributed by atoms with E-state index in [0.29, 0.717) is 12.6 Å². The van der Waals surface area contributed by atoms with Crippen LogP contribution in [0.4, 0.5) is 13.2 Å². The van der Waals surface area contributed by atoms with Gasteiger partial charge in [0, 0.05) is 19.1 Å². The number of nitrogens with zero attached hydrogens (tertiary/aromatic N) is 2. The Hall–Kier alpha value is -1.27. The summed E-state index contributed by atoms with van der Waals surface area (Å²) in [4.78, 5) is 4.56. The van der Waals surface area contributed by atoms with Crippen molar-refractivity contribution >= 4 is 0 Å². The number of halogens is 3. The number of ether oxygens (including phenoxy) is 1. The van der Waals surface area contributed by atoms with Crippen LogP contribution in [0.3, 0.4) is 0 Å². The van der Waals surface area contributed by atoms with Crippen LogP contribution in [0.5, 0.6) is 5.75 Å². The van der Waals surface area contributed by atoms with Crippen molar-refractivity contribution in [2.75, 3.05) is 40.3 Å². The molecule has 0 amide bonds. The highest BCUT2D eigenvalue weighted by molar-refractivity contribution is 5.35. The van der Waals surface area contributed by atoms with Gasteiger partial charge in [-0.05, 0) is 45.6 Å². The largest absolute Gasteiger partial charge is 0.493 e. The summed E-state index contributed by atoms with van der Waals surface area (Å²) in [6.07, 6.45) is -2.50. The van der Waals surface area contributed by atoms with Crippen LogP contribution in [0, 0.1) is 0 Å². The van der Waals surface area contributed by atoms with Gasteiger partial charge in [0.1, 0.15) is 5.75 Å². The molecule has 0 saturated carbocycles. The molecule has 0 N–H and O–H groups in total. The summed E-state index contributed by atoms with van der Waals surface area (Å²) in [6.45, 7) is 3.23. The van der Waals surface area contributed by atoms with Crippen LogP contribution < -0.4 is 4.74 Å². The molecule has 1 aliphatic rings. The zero-order valence-corrected chi connectivity index (χ0v) is 13.1. The molecule has 0 bridgehead atoms. The lowest BCUT2D eigenvalue weighted by Gasteiger charge is -2.20. The van der Waals surface area contributed by atoms with E-state index in [0.717, 1.165) is 38.5 Å². The van der Waals surface area contributed by atoms with Gasteiger partial charge in [-0.2, -0.15) is 13.2 Å². The molecule has 1 fully saturated rings. The molecular weight excluding hydrogens is 293 g/mol. The normalized spacial score (nSPS) is 19.8. The van der Waals surface area contributed by atoms with Crippen molar-refractivity contribution < 1.29 is 17.9 Å². The van der Waals surface area contributed by atoms with Crippen LogP contribution >= 0.6 is 0 Å². The van der Waals surface area contributed by atoms with E-state index in [2.05, 4.69) is 23.9 Å². The molecule has 6 heteroatoms. The van der Waals surface area contributed by atoms with Gasteiger partial charge in [0.15, 0.2) is 0 Å². The monoisotopic (exact) mass is 316 g/mol. The molecule has 1 atom stereocenters. The predicted octanol–water partition coefficient (Wildman–Crippen LogP) is 3.11. The predicted molar refractivity (Wildman–Crippen MR) is 80.1 cm³/mol. The van der Waals surface area contributed by atoms with E-state index in [1.165, 1.54) is 12.1 Å². The van der Waals surface area contributed by atoms with Crippen molar-refractivity contribution in [2.24, 2.45) is 0 Å². The highest BCUT2D eigenvalue weighted by Gasteiger charge is 2.34. The zero-order chi connectivity index (χ0) is 16.2. The van der Waals surface area contributed by atoms with Crippen LogP contribution in [-0.2, 0) is 6.18 Å². The molecule has 0 radical (unpaired) electrons. The molecule has 3 nitrogen and oxygen atoms in total. The Morgan fingerprint density at radius 1 is 1.27 bits per heavy atom. The van der Waals surface area contributed by atoms with Gasteiger partial charge < -0.3 is 14.5 Å². The Morgan fingerprint density at radius 2 is 2.00 bits per heavy atom. The quantitative estimate of drug-likeness (QED) is 0.750. The maximum absolute atomic E-state index is 12.8. The standard InChI is InChI=1S/C16H23F3N2O/c1-20(2)13-8-10-21(12-13)9-5-11-22-15-7-4-3-6-14(15)16(17,18)19/h3-4,6-7,13H,5,8-12H2,1-2H3/t13-/m1/s1. The van der Waals surface area contributed by atoms with Gasteiger partial charge in [-0.25, -0.2) is 0 Å². The third kappa shape index (κ3) is 4.61. The van der Waals surface area contributed by atoms with Crippen molar-refractivity contribution in [1.29, 1.82) is 0 Å². The average molecular weight is 316 g/mol. The summed E-state index contributed by atoms with van der Waals surface area (Å²) >= 11 is 0. The van der Waals surface area contributed by atoms with E-state index >= 15 is 0 Å². The highest BCUT2D eigenvalue weighted by atomic mass is 19.4. The summed E-state index contributed by atoms with van der Waals surface area (Å²) in [5, 5.41) is 0. The molecule has 1 aliphatic heterocycles. The molecule has 2 rings (SSSR count). The third-order valence-electron chi connectivity index (χ3n) is 4.05. The molecule has 0 spiro atoms. The first-order valence-corrected chi connectivity index (χ1v) is 7.55. The van der Waals surface area contributed by atoms with Crippen molar-refractivity contribution in [3.63, 3.8) is 0 Å². The van der Waals surface area contributed by atoms with E-state index in [1.54, 1.807) is 6.07 Å². The van der Waals surface area contributed by atoms with E-state index < -0.39 is 11.7 Å². The minimum Gasteiger partial charge on any atom is -0.493 e. The fraction of sp³-hybridized carbons (Fsp3) is 0.625. The van der Waals surface area contributed by atoms with Gasteiger partial charge in [-0.3, -0.25) is 0 Å². The average Bonchev–Trinajstić information content (AvgIpc) is 2.92. The number of likely N-dealkylation sites (tertiary alicyclic amines) is 1. The number of alkyl halides is 3. The lowest BCUT2D eigenvalue weighted by atomic mass is 10.2. The minimum atomic E-state index is -4.37. The molecule has 1 aromatic carbocycles. The number of hydrogen-bond donors (Lipinski definition) is 0. The number of benzene rings is 1. The van der Waals surface area contributed by atoms with Crippen molar-refractivity contribution in [1.82, 2.24) is 9.80 Å². The SMILES string of the molecule is CN(C)[C@@H]1CCN(CCCOc2ccccc2C(F)(F)F)C1. The Bertz CT molecular complexity index is 477. The second kappa shape index (κ2) is 7.33. The number of likely N-dealkylation sites (N-methyl/N-ethyl adjacent to an activating group) is 1. The number of hydrogen-bond acceptors (Lipinski definition) is 3. The fourth-order valence-electron chi connectivity index (χ4n) is 2.73. The van der Waals surface area contributed by atoms with Gasteiger partial charge in [0.05, 0.1) is 12.2 Å². The second-order valence-corrected chi connectivity index (χ2v) is 5.90. The van der Waals surface area contributed by atoms with E-state index in [1.807, 2.05) is 0 Å². The maximum Gasteiger partial charge on any atom is 0.419 e. The first kappa shape index (κ1) is 17.1. The summed E-state index contributed by atoms with van der Waals surface area (Å²) in [7, 11) is 4.15. The lowest BCUT2D eigenvalue weighted by molar-refractivity contribution is -0.138. The molecule has 0 aliphatic carbocycles. The van der Waals surface area contributed by atoms with Crippen LogP contribution in [-0.4, -0.2) is 56.2 Å². The number of para-hydroxylation sites is 1. The van der Waals surface area contributed by atoms with Crippen molar-refractivity contribution in [3.8, 4) is 5.75 Å². The molecule has 1 saturated heterocycles. The number of rotatable bonds is 6. The molecule has 124 valence electrons. The Kier molecular flexibility index (Phi) is 5.69. The van der Waals surface area contributed by atoms with Gasteiger partial charge in [0.2, 0.25) is 0 Å². The van der Waals surface area contributed by atoms with Crippen LogP contribution in [0.25, 0.3) is 0 Å². The summed E-state index contributed by atoms with van der Waals surface area (Å²) < 4.78 is 43.8. The molecule has 22 heavy (non-hydrogen) atoms. The van der Waals surface area contributed by atoms with Gasteiger partial charge in [-0.15, -0.1) is 0 Å². The first-order chi connectivity index (χ1) is 10.4. The molecule has 0 aromatic heterocycles. The topological polar surface area (TPSA) is 15.7 Å². The van der Waals surface area contributed by atoms with Crippen LogP contribution in [0.1, 0.15) is 18.4 Å². The summed E-state index contributed by atoms with van der Waals surface area (Å²) in [5.41, 5.74) is -0.705. The summed E-state index contributed by atoms with van der Waals surface area (Å²) in [6, 6.07) is 5.94. The fourth-order valence-corrected chi connectivity index (χ4v) is 2.73. The van der Waals surface area contributed by atoms with Crippen LogP contribution in [0.15, 0.2) is 24.3 Å². The highest BCUT2D eigenvalue weighted by Crippen LogP contribution is 2.35. The Labute approximate surface area is 129 Å². The minimum absolute atomic E-state index is 0.0809. The second-order valence-electron chi connectivity index (χ2n) is 5.90. The molecule has 0 unspecified atom stereocenters. The van der Waals surface area contributed by atoms with Crippen molar-refractivity contribution in [3.05, 3.63) is 29.8 Å². The van der Waals surface area contributed by atoms with E-state index in [4.69, 9.17) is 4.74 Å². The Morgan fingerprint density at radius 3 is 2.64 bits per heavy atom. The van der Waals surface area contributed by atoms with Crippen molar-refractivity contribution in [2.45, 2.75) is 25.1 Å². The van der Waals surface area contributed by atoms with E-state index in [9.17, 15) is 13.2 Å². The molecular formula is C16H23F3N2O.